The van der Waals surface area contributed by atoms with E-state index in [1.807, 2.05) is 39.9 Å². The minimum absolute atomic E-state index is 0.0341. The highest BCUT2D eigenvalue weighted by Gasteiger charge is 2.26. The van der Waals surface area contributed by atoms with Gasteiger partial charge < -0.3 is 15.0 Å². The van der Waals surface area contributed by atoms with Crippen molar-refractivity contribution in [2.75, 3.05) is 19.7 Å². The first-order valence-corrected chi connectivity index (χ1v) is 10.5. The van der Waals surface area contributed by atoms with Crippen molar-refractivity contribution in [3.05, 3.63) is 52.2 Å². The van der Waals surface area contributed by atoms with Crippen LogP contribution in [0.25, 0.3) is 0 Å². The van der Waals surface area contributed by atoms with Crippen LogP contribution in [0.1, 0.15) is 46.4 Å². The molecule has 2 aliphatic rings. The van der Waals surface area contributed by atoms with Gasteiger partial charge in [-0.3, -0.25) is 9.59 Å². The molecular weight excluding hydrogens is 360 g/mol. The van der Waals surface area contributed by atoms with E-state index in [1.54, 1.807) is 17.4 Å². The first-order chi connectivity index (χ1) is 13.2. The fourth-order valence-corrected chi connectivity index (χ4v) is 4.02. The lowest BCUT2D eigenvalue weighted by molar-refractivity contribution is 0.0633. The maximum absolute atomic E-state index is 12.5. The highest BCUT2D eigenvalue weighted by molar-refractivity contribution is 7.08. The maximum Gasteiger partial charge on any atom is 0.254 e. The Kier molecular flexibility index (Phi) is 5.43. The zero-order valence-corrected chi connectivity index (χ0v) is 16.0. The van der Waals surface area contributed by atoms with Crippen LogP contribution in [-0.2, 0) is 0 Å². The second-order valence-corrected chi connectivity index (χ2v) is 8.14. The summed E-state index contributed by atoms with van der Waals surface area (Å²) >= 11 is 1.55. The highest BCUT2D eigenvalue weighted by atomic mass is 32.1. The monoisotopic (exact) mass is 384 g/mol. The Morgan fingerprint density at radius 3 is 2.85 bits per heavy atom. The van der Waals surface area contributed by atoms with Crippen molar-refractivity contribution in [1.29, 1.82) is 0 Å². The third kappa shape index (κ3) is 4.69. The summed E-state index contributed by atoms with van der Waals surface area (Å²) in [4.78, 5) is 26.6. The van der Waals surface area contributed by atoms with Crippen LogP contribution >= 0.6 is 11.3 Å². The zero-order chi connectivity index (χ0) is 18.6. The van der Waals surface area contributed by atoms with Gasteiger partial charge in [0, 0.05) is 36.0 Å². The van der Waals surface area contributed by atoms with E-state index in [0.29, 0.717) is 29.9 Å². The van der Waals surface area contributed by atoms with Crippen LogP contribution in [0.5, 0.6) is 5.75 Å². The quantitative estimate of drug-likeness (QED) is 0.828. The molecule has 142 valence electrons. The molecule has 2 heterocycles. The van der Waals surface area contributed by atoms with Gasteiger partial charge in [0.25, 0.3) is 11.8 Å². The van der Waals surface area contributed by atoms with Gasteiger partial charge in [0.1, 0.15) is 5.75 Å². The standard InChI is InChI=1S/C21H24N2O3S/c24-20(22-18-6-7-18)16-4-1-5-19(11-16)26-13-15-3-2-9-23(12-15)21(25)17-8-10-27-14-17/h1,4-5,8,10-11,14-15,18H,2-3,6-7,9,12-13H2,(H,22,24)/t15-/m0/s1. The van der Waals surface area contributed by atoms with Crippen LogP contribution in [0.2, 0.25) is 0 Å². The van der Waals surface area contributed by atoms with E-state index < -0.39 is 0 Å². The van der Waals surface area contributed by atoms with Crippen molar-refractivity contribution >= 4 is 23.2 Å². The third-order valence-electron chi connectivity index (χ3n) is 5.07. The van der Waals surface area contributed by atoms with E-state index in [0.717, 1.165) is 44.3 Å². The minimum Gasteiger partial charge on any atom is -0.493 e. The van der Waals surface area contributed by atoms with Crippen molar-refractivity contribution in [2.24, 2.45) is 5.92 Å². The molecule has 1 aromatic heterocycles. The average molecular weight is 385 g/mol. The number of hydrogen-bond donors (Lipinski definition) is 1. The normalized spacial score (nSPS) is 19.6. The van der Waals surface area contributed by atoms with Crippen LogP contribution in [-0.4, -0.2) is 42.5 Å². The molecule has 1 aliphatic carbocycles. The van der Waals surface area contributed by atoms with Crippen LogP contribution in [0, 0.1) is 5.92 Å². The van der Waals surface area contributed by atoms with E-state index >= 15 is 0 Å². The smallest absolute Gasteiger partial charge is 0.254 e. The average Bonchev–Trinajstić information content (AvgIpc) is 3.34. The van der Waals surface area contributed by atoms with Crippen molar-refractivity contribution < 1.29 is 14.3 Å². The Labute approximate surface area is 163 Å². The Morgan fingerprint density at radius 1 is 1.19 bits per heavy atom. The van der Waals surface area contributed by atoms with E-state index in [2.05, 4.69) is 5.32 Å². The Morgan fingerprint density at radius 2 is 2.07 bits per heavy atom. The molecule has 0 unspecified atom stereocenters. The fourth-order valence-electron chi connectivity index (χ4n) is 3.39. The molecule has 4 rings (SSSR count). The first-order valence-electron chi connectivity index (χ1n) is 9.54. The van der Waals surface area contributed by atoms with E-state index in [4.69, 9.17) is 4.74 Å². The molecule has 2 fully saturated rings. The summed E-state index contributed by atoms with van der Waals surface area (Å²) in [5, 5.41) is 6.83. The number of ether oxygens (including phenoxy) is 1. The number of carbonyl (C=O) groups excluding carboxylic acids is 2. The predicted octanol–water partition coefficient (Wildman–Crippen LogP) is 3.57. The summed E-state index contributed by atoms with van der Waals surface area (Å²) in [6.45, 7) is 2.08. The van der Waals surface area contributed by atoms with Gasteiger partial charge in [-0.1, -0.05) is 6.07 Å². The Balaban J connectivity index is 1.31. The SMILES string of the molecule is O=C(NC1CC1)c1cccc(OC[C@H]2CCCN(C(=O)c3ccsc3)C2)c1. The van der Waals surface area contributed by atoms with Crippen molar-refractivity contribution in [2.45, 2.75) is 31.7 Å². The summed E-state index contributed by atoms with van der Waals surface area (Å²) in [5.41, 5.74) is 1.41. The van der Waals surface area contributed by atoms with Crippen LogP contribution in [0.4, 0.5) is 0 Å². The summed E-state index contributed by atoms with van der Waals surface area (Å²) in [7, 11) is 0. The topological polar surface area (TPSA) is 58.6 Å². The minimum atomic E-state index is -0.0341. The lowest BCUT2D eigenvalue weighted by Gasteiger charge is -2.32. The second kappa shape index (κ2) is 8.13. The molecule has 1 saturated carbocycles. The number of likely N-dealkylation sites (tertiary alicyclic amines) is 1. The number of rotatable bonds is 6. The molecule has 2 aromatic rings. The van der Waals surface area contributed by atoms with Crippen LogP contribution < -0.4 is 10.1 Å². The van der Waals surface area contributed by atoms with Crippen LogP contribution in [0.3, 0.4) is 0 Å². The summed E-state index contributed by atoms with van der Waals surface area (Å²) in [6.07, 6.45) is 4.19. The predicted molar refractivity (Wildman–Crippen MR) is 105 cm³/mol. The maximum atomic E-state index is 12.5. The van der Waals surface area contributed by atoms with E-state index in [9.17, 15) is 9.59 Å². The molecule has 5 nitrogen and oxygen atoms in total. The van der Waals surface area contributed by atoms with Crippen LogP contribution in [0.15, 0.2) is 41.1 Å². The lowest BCUT2D eigenvalue weighted by Crippen LogP contribution is -2.41. The largest absolute Gasteiger partial charge is 0.493 e. The molecule has 27 heavy (non-hydrogen) atoms. The molecular formula is C21H24N2O3S. The molecule has 1 N–H and O–H groups in total. The molecule has 1 aromatic carbocycles. The molecule has 2 amide bonds. The fraction of sp³-hybridized carbons (Fsp3) is 0.429. The number of thiophene rings is 1. The van der Waals surface area contributed by atoms with Gasteiger partial charge in [0.05, 0.1) is 12.2 Å². The number of carbonyl (C=O) groups is 2. The summed E-state index contributed by atoms with van der Waals surface area (Å²) < 4.78 is 5.96. The third-order valence-corrected chi connectivity index (χ3v) is 5.75. The lowest BCUT2D eigenvalue weighted by atomic mass is 9.98. The van der Waals surface area contributed by atoms with E-state index in [1.165, 1.54) is 0 Å². The number of nitrogens with zero attached hydrogens (tertiary/aromatic N) is 1. The Bertz CT molecular complexity index is 802. The number of amides is 2. The van der Waals surface area contributed by atoms with Gasteiger partial charge in [0.15, 0.2) is 0 Å². The van der Waals surface area contributed by atoms with Crippen molar-refractivity contribution in [3.8, 4) is 5.75 Å². The van der Waals surface area contributed by atoms with Gasteiger partial charge in [-0.15, -0.1) is 0 Å². The van der Waals surface area contributed by atoms with Gasteiger partial charge in [-0.05, 0) is 55.3 Å². The molecule has 0 spiro atoms. The van der Waals surface area contributed by atoms with Gasteiger partial charge in [0.2, 0.25) is 0 Å². The first kappa shape index (κ1) is 18.0. The van der Waals surface area contributed by atoms with Gasteiger partial charge >= 0.3 is 0 Å². The summed E-state index contributed by atoms with van der Waals surface area (Å²) in [6, 6.07) is 9.57. The molecule has 0 bridgehead atoms. The van der Waals surface area contributed by atoms with Gasteiger partial charge in [-0.2, -0.15) is 11.3 Å². The molecule has 6 heteroatoms. The van der Waals surface area contributed by atoms with E-state index in [-0.39, 0.29) is 11.8 Å². The Hall–Kier alpha value is -2.34. The van der Waals surface area contributed by atoms with Gasteiger partial charge in [-0.25, -0.2) is 0 Å². The molecule has 0 radical (unpaired) electrons. The molecule has 1 atom stereocenters. The number of nitrogens with one attached hydrogen (secondary N) is 1. The highest BCUT2D eigenvalue weighted by Crippen LogP contribution is 2.23. The summed E-state index contributed by atoms with van der Waals surface area (Å²) in [5.74, 6) is 1.10. The molecule has 1 aliphatic heterocycles. The second-order valence-electron chi connectivity index (χ2n) is 7.36. The number of piperidine rings is 1. The number of hydrogen-bond acceptors (Lipinski definition) is 4. The number of benzene rings is 1. The van der Waals surface area contributed by atoms with Crippen molar-refractivity contribution in [1.82, 2.24) is 10.2 Å². The van der Waals surface area contributed by atoms with Crippen molar-refractivity contribution in [3.63, 3.8) is 0 Å². The molecule has 1 saturated heterocycles. The zero-order valence-electron chi connectivity index (χ0n) is 15.2.